The molecule has 0 aliphatic heterocycles. The van der Waals surface area contributed by atoms with Gasteiger partial charge in [0, 0.05) is 24.3 Å². The molecule has 7 nitrogen and oxygen atoms in total. The minimum Gasteiger partial charge on any atom is -0.480 e. The Balaban J connectivity index is 1.86. The Morgan fingerprint density at radius 1 is 1.29 bits per heavy atom. The fourth-order valence-electron chi connectivity index (χ4n) is 1.79. The maximum absolute atomic E-state index is 11.7. The van der Waals surface area contributed by atoms with Crippen molar-refractivity contribution in [3.8, 4) is 0 Å². The number of carbonyl (C=O) groups excluding carboxylic acids is 1. The molecule has 1 aromatic carbocycles. The predicted octanol–water partition coefficient (Wildman–Crippen LogP) is 1.46. The average Bonchev–Trinajstić information content (AvgIpc) is 2.47. The molecule has 0 aliphatic rings. The van der Waals surface area contributed by atoms with Gasteiger partial charge in [-0.25, -0.2) is 9.59 Å². The van der Waals surface area contributed by atoms with Gasteiger partial charge < -0.3 is 20.5 Å². The van der Waals surface area contributed by atoms with E-state index in [1.165, 1.54) is 0 Å². The molecule has 0 saturated heterocycles. The lowest BCUT2D eigenvalue weighted by atomic mass is 10.1. The number of hydrogen-bond donors (Lipinski definition) is 3. The minimum absolute atomic E-state index is 0.136. The maximum atomic E-state index is 11.7. The van der Waals surface area contributed by atoms with Crippen LogP contribution < -0.4 is 10.6 Å². The second kappa shape index (κ2) is 7.20. The molecule has 1 aromatic heterocycles. The van der Waals surface area contributed by atoms with Crippen LogP contribution in [-0.2, 0) is 9.53 Å². The number of fused-ring (bicyclic) bond motifs is 1. The van der Waals surface area contributed by atoms with Gasteiger partial charge in [-0.05, 0) is 17.5 Å². The number of carboxylic acid groups (broad SMARTS) is 1. The molecule has 0 bridgehead atoms. The quantitative estimate of drug-likeness (QED) is 0.699. The van der Waals surface area contributed by atoms with Gasteiger partial charge in [0.15, 0.2) is 0 Å². The summed E-state index contributed by atoms with van der Waals surface area (Å²) in [6.45, 7) is -0.0166. The van der Waals surface area contributed by atoms with Crippen LogP contribution in [0.25, 0.3) is 10.8 Å². The van der Waals surface area contributed by atoms with Crippen LogP contribution in [0.5, 0.6) is 0 Å². The third-order valence-corrected chi connectivity index (χ3v) is 2.69. The highest BCUT2D eigenvalue weighted by molar-refractivity contribution is 6.01. The molecule has 2 rings (SSSR count). The number of aliphatic carboxylic acids is 1. The number of nitrogens with one attached hydrogen (secondary N) is 2. The van der Waals surface area contributed by atoms with Crippen molar-refractivity contribution in [2.24, 2.45) is 0 Å². The molecule has 110 valence electrons. The summed E-state index contributed by atoms with van der Waals surface area (Å²) in [5.74, 6) is -1.04. The number of anilines is 1. The first-order valence-corrected chi connectivity index (χ1v) is 6.34. The van der Waals surface area contributed by atoms with Crippen molar-refractivity contribution in [2.45, 2.75) is 0 Å². The molecule has 3 N–H and O–H groups in total. The van der Waals surface area contributed by atoms with E-state index in [2.05, 4.69) is 15.6 Å². The number of ether oxygens (including phenoxy) is 1. The second-order valence-electron chi connectivity index (χ2n) is 4.23. The summed E-state index contributed by atoms with van der Waals surface area (Å²) in [5, 5.41) is 15.5. The van der Waals surface area contributed by atoms with Crippen LogP contribution in [0.2, 0.25) is 0 Å². The number of amides is 2. The largest absolute Gasteiger partial charge is 0.480 e. The third-order valence-electron chi connectivity index (χ3n) is 2.69. The number of nitrogens with zero attached hydrogens (tertiary/aromatic N) is 1. The molecule has 21 heavy (non-hydrogen) atoms. The highest BCUT2D eigenvalue weighted by Crippen LogP contribution is 2.21. The van der Waals surface area contributed by atoms with Crippen molar-refractivity contribution in [2.75, 3.05) is 25.1 Å². The van der Waals surface area contributed by atoms with E-state index in [9.17, 15) is 9.59 Å². The van der Waals surface area contributed by atoms with Crippen molar-refractivity contribution >= 4 is 28.5 Å². The topological polar surface area (TPSA) is 101 Å². The molecule has 0 radical (unpaired) electrons. The van der Waals surface area contributed by atoms with Crippen molar-refractivity contribution in [3.05, 3.63) is 36.7 Å². The molecular formula is C14H15N3O4. The van der Waals surface area contributed by atoms with E-state index in [-0.39, 0.29) is 25.8 Å². The van der Waals surface area contributed by atoms with Gasteiger partial charge in [-0.15, -0.1) is 0 Å². The molecule has 0 unspecified atom stereocenters. The van der Waals surface area contributed by atoms with Crippen LogP contribution in [0.1, 0.15) is 0 Å². The summed E-state index contributed by atoms with van der Waals surface area (Å²) < 4.78 is 4.81. The zero-order chi connectivity index (χ0) is 15.1. The summed E-state index contributed by atoms with van der Waals surface area (Å²) in [6, 6.07) is 7.03. The molecule has 2 aromatic rings. The number of carbonyl (C=O) groups is 2. The summed E-state index contributed by atoms with van der Waals surface area (Å²) in [7, 11) is 0. The van der Waals surface area contributed by atoms with Gasteiger partial charge in [-0.3, -0.25) is 4.98 Å². The first-order valence-electron chi connectivity index (χ1n) is 6.34. The summed E-state index contributed by atoms with van der Waals surface area (Å²) >= 11 is 0. The van der Waals surface area contributed by atoms with Crippen molar-refractivity contribution in [1.82, 2.24) is 10.3 Å². The SMILES string of the molecule is O=C(O)COCCNC(=O)Nc1cccc2ccncc12. The van der Waals surface area contributed by atoms with Crippen LogP contribution in [-0.4, -0.2) is 41.8 Å². The monoisotopic (exact) mass is 289 g/mol. The van der Waals surface area contributed by atoms with Crippen LogP contribution in [0.3, 0.4) is 0 Å². The van der Waals surface area contributed by atoms with E-state index in [1.54, 1.807) is 18.5 Å². The minimum atomic E-state index is -1.04. The Morgan fingerprint density at radius 3 is 2.95 bits per heavy atom. The Bertz CT molecular complexity index is 640. The van der Waals surface area contributed by atoms with Gasteiger partial charge in [0.25, 0.3) is 0 Å². The highest BCUT2D eigenvalue weighted by atomic mass is 16.5. The van der Waals surface area contributed by atoms with Gasteiger partial charge in [0.2, 0.25) is 0 Å². The smallest absolute Gasteiger partial charge is 0.329 e. The Kier molecular flexibility index (Phi) is 5.05. The second-order valence-corrected chi connectivity index (χ2v) is 4.23. The van der Waals surface area contributed by atoms with E-state index in [4.69, 9.17) is 9.84 Å². The Labute approximate surface area is 120 Å². The Morgan fingerprint density at radius 2 is 2.14 bits per heavy atom. The van der Waals surface area contributed by atoms with E-state index >= 15 is 0 Å². The van der Waals surface area contributed by atoms with Crippen LogP contribution >= 0.6 is 0 Å². The molecule has 1 heterocycles. The predicted molar refractivity (Wildman–Crippen MR) is 77.2 cm³/mol. The fourth-order valence-corrected chi connectivity index (χ4v) is 1.79. The van der Waals surface area contributed by atoms with Crippen molar-refractivity contribution < 1.29 is 19.4 Å². The highest BCUT2D eigenvalue weighted by Gasteiger charge is 2.05. The third kappa shape index (κ3) is 4.43. The van der Waals surface area contributed by atoms with E-state index < -0.39 is 5.97 Å². The fraction of sp³-hybridized carbons (Fsp3) is 0.214. The lowest BCUT2D eigenvalue weighted by molar-refractivity contribution is -0.142. The number of aromatic nitrogens is 1. The number of hydrogen-bond acceptors (Lipinski definition) is 4. The van der Waals surface area contributed by atoms with Crippen LogP contribution in [0, 0.1) is 0 Å². The molecule has 0 spiro atoms. The standard InChI is InChI=1S/C14H15N3O4/c18-13(19)9-21-7-6-16-14(20)17-12-3-1-2-10-4-5-15-8-11(10)12/h1-5,8H,6-7,9H2,(H,18,19)(H2,16,17,20). The number of pyridine rings is 1. The maximum Gasteiger partial charge on any atom is 0.329 e. The zero-order valence-electron chi connectivity index (χ0n) is 11.2. The van der Waals surface area contributed by atoms with E-state index in [0.717, 1.165) is 10.8 Å². The number of carboxylic acids is 1. The van der Waals surface area contributed by atoms with E-state index in [0.29, 0.717) is 5.69 Å². The van der Waals surface area contributed by atoms with Crippen molar-refractivity contribution in [3.63, 3.8) is 0 Å². The van der Waals surface area contributed by atoms with Crippen molar-refractivity contribution in [1.29, 1.82) is 0 Å². The van der Waals surface area contributed by atoms with Gasteiger partial charge >= 0.3 is 12.0 Å². The van der Waals surface area contributed by atoms with Gasteiger partial charge in [-0.1, -0.05) is 12.1 Å². The zero-order valence-corrected chi connectivity index (χ0v) is 11.2. The average molecular weight is 289 g/mol. The lowest BCUT2D eigenvalue weighted by Crippen LogP contribution is -2.32. The first kappa shape index (κ1) is 14.7. The first-order chi connectivity index (χ1) is 10.2. The molecule has 7 heteroatoms. The molecular weight excluding hydrogens is 274 g/mol. The van der Waals surface area contributed by atoms with Crippen LogP contribution in [0.15, 0.2) is 36.7 Å². The lowest BCUT2D eigenvalue weighted by Gasteiger charge is -2.09. The van der Waals surface area contributed by atoms with Gasteiger partial charge in [0.1, 0.15) is 6.61 Å². The molecule has 0 aliphatic carbocycles. The number of rotatable bonds is 6. The van der Waals surface area contributed by atoms with Crippen LogP contribution in [0.4, 0.5) is 10.5 Å². The number of urea groups is 1. The summed E-state index contributed by atoms with van der Waals surface area (Å²) in [6.07, 6.45) is 3.37. The molecule has 0 saturated carbocycles. The number of benzene rings is 1. The van der Waals surface area contributed by atoms with Gasteiger partial charge in [-0.2, -0.15) is 0 Å². The molecule has 0 atom stereocenters. The molecule has 2 amide bonds. The summed E-state index contributed by atoms with van der Waals surface area (Å²) in [5.41, 5.74) is 0.657. The van der Waals surface area contributed by atoms with Gasteiger partial charge in [0.05, 0.1) is 12.3 Å². The normalized spacial score (nSPS) is 10.3. The molecule has 0 fully saturated rings. The summed E-state index contributed by atoms with van der Waals surface area (Å²) in [4.78, 5) is 26.0. The Hall–Kier alpha value is -2.67. The van der Waals surface area contributed by atoms with E-state index in [1.807, 2.05) is 18.2 Å².